The molecule has 1 atom stereocenters. The molecule has 0 amide bonds. The molecule has 1 heterocycles. The molecule has 0 radical (unpaired) electrons. The number of ether oxygens (including phenoxy) is 3. The second-order valence-corrected chi connectivity index (χ2v) is 5.57. The minimum Gasteiger partial charge on any atom is -0.493 e. The highest BCUT2D eigenvalue weighted by Gasteiger charge is 2.19. The van der Waals surface area contributed by atoms with Crippen molar-refractivity contribution in [2.75, 3.05) is 20.3 Å². The summed E-state index contributed by atoms with van der Waals surface area (Å²) < 4.78 is 16.7. The van der Waals surface area contributed by atoms with Gasteiger partial charge in [-0.25, -0.2) is 0 Å². The Morgan fingerprint density at radius 2 is 1.90 bits per heavy atom. The molecule has 0 aliphatic carbocycles. The lowest BCUT2D eigenvalue weighted by molar-refractivity contribution is 0.165. The predicted octanol–water partition coefficient (Wildman–Crippen LogP) is 3.38. The molecule has 1 aromatic rings. The maximum absolute atomic E-state index is 5.67. The number of hydrogen-bond acceptors (Lipinski definition) is 4. The van der Waals surface area contributed by atoms with Gasteiger partial charge in [0.1, 0.15) is 13.2 Å². The molecule has 2 rings (SSSR count). The minimum absolute atomic E-state index is 0.499. The first-order valence-electron chi connectivity index (χ1n) is 7.89. The van der Waals surface area contributed by atoms with E-state index in [1.165, 1.54) is 12.8 Å². The minimum atomic E-state index is 0.499. The third-order valence-electron chi connectivity index (χ3n) is 4.27. The van der Waals surface area contributed by atoms with Crippen molar-refractivity contribution in [2.45, 2.75) is 46.2 Å². The van der Waals surface area contributed by atoms with Gasteiger partial charge < -0.3 is 19.5 Å². The number of hydrogen-bond donors (Lipinski definition) is 1. The van der Waals surface area contributed by atoms with E-state index in [0.29, 0.717) is 25.2 Å². The summed E-state index contributed by atoms with van der Waals surface area (Å²) in [5, 5.41) is 3.61. The lowest BCUT2D eigenvalue weighted by Crippen LogP contribution is -2.32. The van der Waals surface area contributed by atoms with Crippen LogP contribution in [0.15, 0.2) is 12.1 Å². The van der Waals surface area contributed by atoms with Gasteiger partial charge in [-0.3, -0.25) is 0 Å². The lowest BCUT2D eigenvalue weighted by atomic mass is 9.95. The normalized spacial score (nSPS) is 15.1. The van der Waals surface area contributed by atoms with E-state index < -0.39 is 0 Å². The van der Waals surface area contributed by atoms with Crippen molar-refractivity contribution in [1.29, 1.82) is 0 Å². The lowest BCUT2D eigenvalue weighted by Gasteiger charge is -2.24. The van der Waals surface area contributed by atoms with Gasteiger partial charge in [0, 0.05) is 12.6 Å². The molecule has 1 aromatic carbocycles. The first-order valence-corrected chi connectivity index (χ1v) is 7.89. The molecule has 0 bridgehead atoms. The Balaban J connectivity index is 2.07. The number of benzene rings is 1. The van der Waals surface area contributed by atoms with Crippen molar-refractivity contribution in [2.24, 2.45) is 5.92 Å². The molecule has 1 N–H and O–H groups in total. The molecule has 4 nitrogen and oxygen atoms in total. The van der Waals surface area contributed by atoms with E-state index in [4.69, 9.17) is 14.2 Å². The highest BCUT2D eigenvalue weighted by molar-refractivity contribution is 5.54. The van der Waals surface area contributed by atoms with E-state index in [2.05, 4.69) is 26.1 Å². The molecule has 21 heavy (non-hydrogen) atoms. The van der Waals surface area contributed by atoms with Crippen LogP contribution < -0.4 is 19.5 Å². The fraction of sp³-hybridized carbons (Fsp3) is 0.647. The number of nitrogens with one attached hydrogen (secondary N) is 1. The van der Waals surface area contributed by atoms with Crippen LogP contribution in [0.5, 0.6) is 17.2 Å². The van der Waals surface area contributed by atoms with Crippen LogP contribution in [0.3, 0.4) is 0 Å². The van der Waals surface area contributed by atoms with E-state index in [1.807, 2.05) is 12.1 Å². The second kappa shape index (κ2) is 7.55. The van der Waals surface area contributed by atoms with Crippen LogP contribution in [0.25, 0.3) is 0 Å². The average Bonchev–Trinajstić information content (AvgIpc) is 2.53. The first kappa shape index (κ1) is 16.0. The van der Waals surface area contributed by atoms with Gasteiger partial charge in [0.05, 0.1) is 7.11 Å². The monoisotopic (exact) mass is 293 g/mol. The molecule has 0 saturated heterocycles. The molecule has 1 unspecified atom stereocenters. The maximum atomic E-state index is 5.67. The van der Waals surface area contributed by atoms with Gasteiger partial charge in [0.25, 0.3) is 0 Å². The van der Waals surface area contributed by atoms with Gasteiger partial charge in [0.2, 0.25) is 5.75 Å². The number of fused-ring (bicyclic) bond motifs is 1. The molecular weight excluding hydrogens is 266 g/mol. The molecule has 0 spiro atoms. The van der Waals surface area contributed by atoms with Crippen molar-refractivity contribution in [1.82, 2.24) is 5.32 Å². The average molecular weight is 293 g/mol. The highest BCUT2D eigenvalue weighted by atomic mass is 16.6. The molecular formula is C17H27NO3. The van der Waals surface area contributed by atoms with Gasteiger partial charge >= 0.3 is 0 Å². The van der Waals surface area contributed by atoms with Crippen molar-refractivity contribution in [3.8, 4) is 17.2 Å². The van der Waals surface area contributed by atoms with Crippen molar-refractivity contribution in [3.63, 3.8) is 0 Å². The maximum Gasteiger partial charge on any atom is 0.203 e. The Morgan fingerprint density at radius 1 is 1.19 bits per heavy atom. The van der Waals surface area contributed by atoms with Crippen LogP contribution in [0.1, 0.15) is 39.2 Å². The third kappa shape index (κ3) is 3.82. The quantitative estimate of drug-likeness (QED) is 0.836. The fourth-order valence-corrected chi connectivity index (χ4v) is 2.87. The van der Waals surface area contributed by atoms with E-state index in [9.17, 15) is 0 Å². The number of rotatable bonds is 7. The van der Waals surface area contributed by atoms with E-state index in [1.54, 1.807) is 7.11 Å². The predicted molar refractivity (Wildman–Crippen MR) is 84.4 cm³/mol. The molecule has 118 valence electrons. The van der Waals surface area contributed by atoms with Crippen LogP contribution in [-0.4, -0.2) is 26.4 Å². The van der Waals surface area contributed by atoms with Crippen LogP contribution >= 0.6 is 0 Å². The first-order chi connectivity index (χ1) is 10.2. The van der Waals surface area contributed by atoms with Crippen molar-refractivity contribution in [3.05, 3.63) is 17.7 Å². The molecule has 0 fully saturated rings. The summed E-state index contributed by atoms with van der Waals surface area (Å²) in [6.45, 7) is 8.74. The molecule has 0 aromatic heterocycles. The third-order valence-corrected chi connectivity index (χ3v) is 4.27. The smallest absolute Gasteiger partial charge is 0.203 e. The van der Waals surface area contributed by atoms with E-state index in [0.717, 1.165) is 29.4 Å². The zero-order chi connectivity index (χ0) is 15.2. The van der Waals surface area contributed by atoms with Gasteiger partial charge in [0.15, 0.2) is 11.5 Å². The summed E-state index contributed by atoms with van der Waals surface area (Å²) in [7, 11) is 1.66. The van der Waals surface area contributed by atoms with E-state index in [-0.39, 0.29) is 0 Å². The largest absolute Gasteiger partial charge is 0.493 e. The van der Waals surface area contributed by atoms with Crippen LogP contribution in [-0.2, 0) is 6.54 Å². The van der Waals surface area contributed by atoms with Gasteiger partial charge in [-0.05, 0) is 30.5 Å². The van der Waals surface area contributed by atoms with Gasteiger partial charge in [-0.1, -0.05) is 26.7 Å². The fourth-order valence-electron chi connectivity index (χ4n) is 2.87. The Labute approximate surface area is 127 Å². The Morgan fingerprint density at radius 3 is 2.57 bits per heavy atom. The van der Waals surface area contributed by atoms with Gasteiger partial charge in [-0.15, -0.1) is 0 Å². The van der Waals surface area contributed by atoms with Crippen LogP contribution in [0.2, 0.25) is 0 Å². The highest BCUT2D eigenvalue weighted by Crippen LogP contribution is 2.40. The molecule has 1 aliphatic rings. The summed E-state index contributed by atoms with van der Waals surface area (Å²) in [6.07, 6.45) is 2.41. The summed E-state index contributed by atoms with van der Waals surface area (Å²) >= 11 is 0. The Kier molecular flexibility index (Phi) is 5.74. The standard InChI is InChI=1S/C17H27NO3/c1-5-14(6-2)12(3)18-11-13-9-15(19-4)17-16(10-13)20-7-8-21-17/h9-10,12,14,18H,5-8,11H2,1-4H3. The Bertz CT molecular complexity index is 440. The zero-order valence-electron chi connectivity index (χ0n) is 13.6. The van der Waals surface area contributed by atoms with Crippen LogP contribution in [0, 0.1) is 5.92 Å². The van der Waals surface area contributed by atoms with Gasteiger partial charge in [-0.2, -0.15) is 0 Å². The summed E-state index contributed by atoms with van der Waals surface area (Å²) in [5.41, 5.74) is 1.16. The summed E-state index contributed by atoms with van der Waals surface area (Å²) in [6, 6.07) is 4.57. The zero-order valence-corrected chi connectivity index (χ0v) is 13.6. The molecule has 1 aliphatic heterocycles. The van der Waals surface area contributed by atoms with Crippen LogP contribution in [0.4, 0.5) is 0 Å². The second-order valence-electron chi connectivity index (χ2n) is 5.57. The summed E-state index contributed by atoms with van der Waals surface area (Å²) in [5.74, 6) is 2.97. The number of methoxy groups -OCH3 is 1. The van der Waals surface area contributed by atoms with Crippen molar-refractivity contribution >= 4 is 0 Å². The summed E-state index contributed by atoms with van der Waals surface area (Å²) in [4.78, 5) is 0. The Hall–Kier alpha value is -1.42. The SMILES string of the molecule is CCC(CC)C(C)NCc1cc(OC)c2c(c1)OCCO2. The molecule has 4 heteroatoms. The topological polar surface area (TPSA) is 39.7 Å². The molecule has 0 saturated carbocycles. The van der Waals surface area contributed by atoms with Crippen molar-refractivity contribution < 1.29 is 14.2 Å². The van der Waals surface area contributed by atoms with E-state index >= 15 is 0 Å².